The quantitative estimate of drug-likeness (QED) is 0.539. The van der Waals surface area contributed by atoms with Crippen LogP contribution in [0.15, 0.2) is 6.20 Å². The predicted octanol–water partition coefficient (Wildman–Crippen LogP) is -0.616. The average molecular weight is 123 g/mol. The Kier molecular flexibility index (Phi) is 1.32. The number of aromatic nitrogens is 3. The van der Waals surface area contributed by atoms with Crippen LogP contribution in [0.4, 0.5) is 5.82 Å². The van der Waals surface area contributed by atoms with E-state index in [-0.39, 0.29) is 6.54 Å². The Morgan fingerprint density at radius 3 is 3.11 bits per heavy atom. The van der Waals surface area contributed by atoms with Crippen LogP contribution < -0.4 is 5.73 Å². The molecule has 1 rings (SSSR count). The van der Waals surface area contributed by atoms with Crippen molar-refractivity contribution < 1.29 is 0 Å². The molecule has 0 amide bonds. The van der Waals surface area contributed by atoms with Crippen LogP contribution in [0, 0.1) is 11.3 Å². The molecule has 1 aromatic heterocycles. The molecule has 1 aromatic rings. The summed E-state index contributed by atoms with van der Waals surface area (Å²) < 4.78 is 0. The van der Waals surface area contributed by atoms with Crippen molar-refractivity contribution in [2.45, 2.75) is 6.54 Å². The van der Waals surface area contributed by atoms with Gasteiger partial charge in [-0.1, -0.05) is 0 Å². The molecular formula is C4H5N5. The van der Waals surface area contributed by atoms with Crippen molar-refractivity contribution in [1.82, 2.24) is 15.0 Å². The van der Waals surface area contributed by atoms with Crippen molar-refractivity contribution in [3.05, 3.63) is 6.20 Å². The topological polar surface area (TPSA) is 80.5 Å². The molecule has 0 bridgehead atoms. The van der Waals surface area contributed by atoms with E-state index in [9.17, 15) is 0 Å². The molecule has 5 heteroatoms. The third kappa shape index (κ3) is 1.16. The zero-order valence-corrected chi connectivity index (χ0v) is 4.65. The molecule has 0 unspecified atom stereocenters. The first-order valence-corrected chi connectivity index (χ1v) is 2.35. The van der Waals surface area contributed by atoms with E-state index in [4.69, 9.17) is 11.0 Å². The van der Waals surface area contributed by atoms with Crippen molar-refractivity contribution in [3.8, 4) is 6.07 Å². The molecular weight excluding hydrogens is 118 g/mol. The highest BCUT2D eigenvalue weighted by Gasteiger charge is 1.91. The minimum atomic E-state index is 0.150. The standard InChI is InChI=1S/C4H5N5/c5-1-2-9-7-3-4(6)8-9/h3H,2H2,(H2,6,8). The number of rotatable bonds is 1. The molecule has 0 spiro atoms. The molecule has 0 aliphatic rings. The zero-order chi connectivity index (χ0) is 6.69. The maximum Gasteiger partial charge on any atom is 0.166 e. The number of nitrogen functional groups attached to an aromatic ring is 1. The van der Waals surface area contributed by atoms with E-state index >= 15 is 0 Å². The van der Waals surface area contributed by atoms with E-state index in [0.29, 0.717) is 5.82 Å². The second kappa shape index (κ2) is 2.13. The van der Waals surface area contributed by atoms with Gasteiger partial charge < -0.3 is 5.73 Å². The van der Waals surface area contributed by atoms with Gasteiger partial charge in [-0.25, -0.2) is 0 Å². The van der Waals surface area contributed by atoms with Gasteiger partial charge in [-0.05, 0) is 0 Å². The van der Waals surface area contributed by atoms with Crippen LogP contribution >= 0.6 is 0 Å². The van der Waals surface area contributed by atoms with Crippen molar-refractivity contribution in [2.75, 3.05) is 5.73 Å². The number of hydrogen-bond acceptors (Lipinski definition) is 4. The number of anilines is 1. The highest BCUT2D eigenvalue weighted by Crippen LogP contribution is 1.88. The molecule has 0 fully saturated rings. The summed E-state index contributed by atoms with van der Waals surface area (Å²) in [5.41, 5.74) is 5.21. The molecule has 5 nitrogen and oxygen atoms in total. The molecule has 0 aliphatic heterocycles. The van der Waals surface area contributed by atoms with E-state index in [1.54, 1.807) is 0 Å². The second-order valence-corrected chi connectivity index (χ2v) is 1.46. The summed E-state index contributed by atoms with van der Waals surface area (Å²) in [5.74, 6) is 0.338. The summed E-state index contributed by atoms with van der Waals surface area (Å²) in [6, 6.07) is 1.88. The van der Waals surface area contributed by atoms with Crippen LogP contribution in [-0.2, 0) is 6.54 Å². The van der Waals surface area contributed by atoms with Crippen LogP contribution in [0.25, 0.3) is 0 Å². The fourth-order valence-electron chi connectivity index (χ4n) is 0.450. The van der Waals surface area contributed by atoms with Crippen molar-refractivity contribution in [1.29, 1.82) is 5.26 Å². The van der Waals surface area contributed by atoms with Gasteiger partial charge in [-0.15, -0.1) is 5.10 Å². The predicted molar refractivity (Wildman–Crippen MR) is 30.0 cm³/mol. The Labute approximate surface area is 51.7 Å². The first-order valence-electron chi connectivity index (χ1n) is 2.35. The molecule has 46 valence electrons. The molecule has 0 aromatic carbocycles. The highest BCUT2D eigenvalue weighted by atomic mass is 15.5. The van der Waals surface area contributed by atoms with Gasteiger partial charge in [0, 0.05) is 0 Å². The summed E-state index contributed by atoms with van der Waals surface area (Å²) in [4.78, 5) is 1.23. The Balaban J connectivity index is 2.76. The van der Waals surface area contributed by atoms with E-state index in [2.05, 4.69) is 10.2 Å². The average Bonchev–Trinajstić information content (AvgIpc) is 2.17. The van der Waals surface area contributed by atoms with Gasteiger partial charge in [0.15, 0.2) is 5.82 Å². The zero-order valence-electron chi connectivity index (χ0n) is 4.65. The molecule has 9 heavy (non-hydrogen) atoms. The van der Waals surface area contributed by atoms with E-state index in [0.717, 1.165) is 0 Å². The number of nitrogens with two attached hydrogens (primary N) is 1. The van der Waals surface area contributed by atoms with Gasteiger partial charge in [0.2, 0.25) is 0 Å². The van der Waals surface area contributed by atoms with Gasteiger partial charge in [-0.3, -0.25) is 0 Å². The SMILES string of the molecule is N#CCn1ncc(N)n1. The summed E-state index contributed by atoms with van der Waals surface area (Å²) in [6.45, 7) is 0.150. The normalized spacial score (nSPS) is 8.78. The van der Waals surface area contributed by atoms with Crippen LogP contribution in [0.2, 0.25) is 0 Å². The number of nitriles is 1. The molecule has 0 atom stereocenters. The first-order chi connectivity index (χ1) is 4.33. The monoisotopic (exact) mass is 123 g/mol. The Hall–Kier alpha value is -1.57. The molecule has 0 saturated carbocycles. The lowest BCUT2D eigenvalue weighted by molar-refractivity contribution is 0.610. The van der Waals surface area contributed by atoms with E-state index < -0.39 is 0 Å². The van der Waals surface area contributed by atoms with Gasteiger partial charge in [0.1, 0.15) is 6.54 Å². The van der Waals surface area contributed by atoms with Gasteiger partial charge in [0.05, 0.1) is 12.3 Å². The van der Waals surface area contributed by atoms with Gasteiger partial charge >= 0.3 is 0 Å². The Morgan fingerprint density at radius 2 is 2.67 bits per heavy atom. The molecule has 1 heterocycles. The van der Waals surface area contributed by atoms with E-state index in [1.165, 1.54) is 11.0 Å². The Morgan fingerprint density at radius 1 is 1.89 bits per heavy atom. The number of hydrogen-bond donors (Lipinski definition) is 1. The van der Waals surface area contributed by atoms with Crippen molar-refractivity contribution in [3.63, 3.8) is 0 Å². The van der Waals surface area contributed by atoms with Gasteiger partial charge in [-0.2, -0.15) is 15.2 Å². The fraction of sp³-hybridized carbons (Fsp3) is 0.250. The summed E-state index contributed by atoms with van der Waals surface area (Å²) >= 11 is 0. The van der Waals surface area contributed by atoms with Crippen LogP contribution in [-0.4, -0.2) is 15.0 Å². The third-order valence-corrected chi connectivity index (χ3v) is 0.766. The molecule has 2 N–H and O–H groups in total. The lowest BCUT2D eigenvalue weighted by atomic mass is 10.8. The summed E-state index contributed by atoms with van der Waals surface area (Å²) in [7, 11) is 0. The minimum Gasteiger partial charge on any atom is -0.381 e. The van der Waals surface area contributed by atoms with Crippen molar-refractivity contribution in [2.24, 2.45) is 0 Å². The van der Waals surface area contributed by atoms with Crippen LogP contribution in [0.3, 0.4) is 0 Å². The lowest BCUT2D eigenvalue weighted by Crippen LogP contribution is -2.00. The van der Waals surface area contributed by atoms with E-state index in [1.807, 2.05) is 6.07 Å². The van der Waals surface area contributed by atoms with Crippen molar-refractivity contribution >= 4 is 5.82 Å². The Bertz CT molecular complexity index is 231. The highest BCUT2D eigenvalue weighted by molar-refractivity contribution is 5.19. The second-order valence-electron chi connectivity index (χ2n) is 1.46. The lowest BCUT2D eigenvalue weighted by Gasteiger charge is -1.84. The minimum absolute atomic E-state index is 0.150. The molecule has 0 radical (unpaired) electrons. The smallest absolute Gasteiger partial charge is 0.166 e. The fourth-order valence-corrected chi connectivity index (χ4v) is 0.450. The molecule has 0 aliphatic carbocycles. The first kappa shape index (κ1) is 5.56. The summed E-state index contributed by atoms with van der Waals surface area (Å²) in [5, 5.41) is 15.5. The van der Waals surface area contributed by atoms with Gasteiger partial charge in [0.25, 0.3) is 0 Å². The largest absolute Gasteiger partial charge is 0.381 e. The maximum atomic E-state index is 8.14. The summed E-state index contributed by atoms with van der Waals surface area (Å²) in [6.07, 6.45) is 1.40. The number of nitrogens with zero attached hydrogens (tertiary/aromatic N) is 4. The maximum absolute atomic E-state index is 8.14. The van der Waals surface area contributed by atoms with Crippen LogP contribution in [0.1, 0.15) is 0 Å². The third-order valence-electron chi connectivity index (χ3n) is 0.766. The molecule has 0 saturated heterocycles. The van der Waals surface area contributed by atoms with Crippen LogP contribution in [0.5, 0.6) is 0 Å².